The summed E-state index contributed by atoms with van der Waals surface area (Å²) in [5.74, 6) is -3.18. The summed E-state index contributed by atoms with van der Waals surface area (Å²) in [4.78, 5) is 65.8. The van der Waals surface area contributed by atoms with Crippen LogP contribution in [0.15, 0.2) is 67.3 Å². The monoisotopic (exact) mass is 761 g/mol. The number of carbonyl (C=O) groups excluding carboxylic acids is 4. The number of imidazole rings is 1. The third kappa shape index (κ3) is 13.5. The van der Waals surface area contributed by atoms with Crippen molar-refractivity contribution in [2.45, 2.75) is 116 Å². The minimum atomic E-state index is -1.59. The maximum Gasteiger partial charge on any atom is 0.258 e. The van der Waals surface area contributed by atoms with Crippen LogP contribution < -0.4 is 26.0 Å². The molecule has 2 aromatic heterocycles. The zero-order chi connectivity index (χ0) is 39.7. The number of aliphatic hydroxyl groups is 2. The second kappa shape index (κ2) is 21.9. The van der Waals surface area contributed by atoms with E-state index in [0.717, 1.165) is 32.1 Å². The Balaban J connectivity index is 1.51. The second-order valence-corrected chi connectivity index (χ2v) is 15.0. The van der Waals surface area contributed by atoms with Gasteiger partial charge in [-0.25, -0.2) is 4.98 Å². The Labute approximate surface area is 324 Å². The maximum absolute atomic E-state index is 14.1. The van der Waals surface area contributed by atoms with Crippen molar-refractivity contribution in [1.29, 1.82) is 0 Å². The molecule has 7 atom stereocenters. The summed E-state index contributed by atoms with van der Waals surface area (Å²) in [6.45, 7) is 7.17. The van der Waals surface area contributed by atoms with Gasteiger partial charge in [-0.1, -0.05) is 90.5 Å². The van der Waals surface area contributed by atoms with Crippen LogP contribution in [0.1, 0.15) is 84.0 Å². The van der Waals surface area contributed by atoms with Gasteiger partial charge in [0.05, 0.1) is 36.6 Å². The van der Waals surface area contributed by atoms with Crippen LogP contribution in [0.25, 0.3) is 0 Å². The molecule has 0 radical (unpaired) electrons. The van der Waals surface area contributed by atoms with E-state index in [1.165, 1.54) is 6.33 Å². The van der Waals surface area contributed by atoms with Gasteiger partial charge < -0.3 is 41.2 Å². The number of ether oxygens (including phenoxy) is 1. The largest absolute Gasteiger partial charge is 0.484 e. The fourth-order valence-corrected chi connectivity index (χ4v) is 7.12. The number of H-pyrrole nitrogens is 1. The van der Waals surface area contributed by atoms with E-state index in [1.54, 1.807) is 62.6 Å². The van der Waals surface area contributed by atoms with Gasteiger partial charge in [0.15, 0.2) is 6.61 Å². The molecule has 1 fully saturated rings. The number of nitrogens with zero attached hydrogens (tertiary/aromatic N) is 2. The molecule has 0 spiro atoms. The highest BCUT2D eigenvalue weighted by Crippen LogP contribution is 2.30. The summed E-state index contributed by atoms with van der Waals surface area (Å²) in [6, 6.07) is 11.3. The van der Waals surface area contributed by atoms with Crippen LogP contribution >= 0.6 is 0 Å². The minimum absolute atomic E-state index is 0.0775. The molecule has 0 saturated heterocycles. The number of pyridine rings is 1. The Kier molecular flexibility index (Phi) is 17.1. The van der Waals surface area contributed by atoms with Crippen LogP contribution in [0.3, 0.4) is 0 Å². The predicted molar refractivity (Wildman–Crippen MR) is 207 cm³/mol. The lowest BCUT2D eigenvalue weighted by atomic mass is 9.79. The number of carbonyl (C=O) groups is 4. The number of aliphatic hydroxyl groups excluding tert-OH is 2. The molecule has 14 heteroatoms. The van der Waals surface area contributed by atoms with Gasteiger partial charge in [-0.05, 0) is 48.4 Å². The van der Waals surface area contributed by atoms with E-state index in [9.17, 15) is 29.4 Å². The summed E-state index contributed by atoms with van der Waals surface area (Å²) in [6.07, 6.45) is 7.50. The molecule has 14 nitrogen and oxygen atoms in total. The van der Waals surface area contributed by atoms with Gasteiger partial charge in [0.1, 0.15) is 23.9 Å². The highest BCUT2D eigenvalue weighted by atomic mass is 16.5. The van der Waals surface area contributed by atoms with Crippen molar-refractivity contribution >= 4 is 23.6 Å². The van der Waals surface area contributed by atoms with Crippen molar-refractivity contribution in [3.63, 3.8) is 0 Å². The van der Waals surface area contributed by atoms with E-state index in [2.05, 4.69) is 36.2 Å². The zero-order valence-electron chi connectivity index (χ0n) is 32.4. The molecular formula is C41H59N7O7. The van der Waals surface area contributed by atoms with Gasteiger partial charge in [0.2, 0.25) is 17.7 Å². The number of nitrogens with one attached hydrogen (secondary N) is 5. The van der Waals surface area contributed by atoms with Gasteiger partial charge in [-0.15, -0.1) is 0 Å². The molecule has 1 aliphatic carbocycles. The molecule has 1 saturated carbocycles. The van der Waals surface area contributed by atoms with Crippen LogP contribution in [0.2, 0.25) is 0 Å². The van der Waals surface area contributed by atoms with Gasteiger partial charge in [-0.3, -0.25) is 24.2 Å². The van der Waals surface area contributed by atoms with E-state index in [-0.39, 0.29) is 37.3 Å². The van der Waals surface area contributed by atoms with Gasteiger partial charge in [0, 0.05) is 24.5 Å². The Morgan fingerprint density at radius 1 is 0.891 bits per heavy atom. The van der Waals surface area contributed by atoms with Crippen LogP contribution in [-0.2, 0) is 32.1 Å². The molecule has 55 heavy (non-hydrogen) atoms. The van der Waals surface area contributed by atoms with Gasteiger partial charge in [-0.2, -0.15) is 0 Å². The summed E-state index contributed by atoms with van der Waals surface area (Å²) < 4.78 is 5.60. The zero-order valence-corrected chi connectivity index (χ0v) is 32.4. The molecule has 7 N–H and O–H groups in total. The topological polar surface area (TPSA) is 208 Å². The molecule has 0 bridgehead atoms. The predicted octanol–water partition coefficient (Wildman–Crippen LogP) is 3.21. The van der Waals surface area contributed by atoms with E-state index in [0.29, 0.717) is 30.0 Å². The third-order valence-corrected chi connectivity index (χ3v) is 10.5. The Morgan fingerprint density at radius 3 is 2.25 bits per heavy atom. The summed E-state index contributed by atoms with van der Waals surface area (Å²) in [5, 5.41) is 35.2. The standard InChI is InChI=1S/C41H59N7O7/c1-5-27(4)36(41(54)44-23-29-16-12-13-19-43-29)48-40(53)35(26(2)3)38(51)37(50)32(20-28-14-8-6-9-15-28)47-39(52)33(21-30-22-42-25-45-30)46-34(49)24-55-31-17-10-7-11-18-31/h7,10-13,16-19,22,25-28,32-33,35-38,50-51H,5-6,8-9,14-15,20-21,23-24H2,1-4H3,(H,42,45)(H,44,54)(H,46,49)(H,47,52)(H,48,53)/t27-,32+,33+,35-,36+,37-,38-/m1/s1. The molecule has 4 amide bonds. The van der Waals surface area contributed by atoms with Crippen molar-refractivity contribution < 1.29 is 34.1 Å². The third-order valence-electron chi connectivity index (χ3n) is 10.5. The van der Waals surface area contributed by atoms with E-state index in [4.69, 9.17) is 4.74 Å². The average Bonchev–Trinajstić information content (AvgIpc) is 3.71. The number of aromatic amines is 1. The lowest BCUT2D eigenvalue weighted by Crippen LogP contribution is -2.59. The Morgan fingerprint density at radius 2 is 1.62 bits per heavy atom. The number of para-hydroxylation sites is 1. The average molecular weight is 762 g/mol. The van der Waals surface area contributed by atoms with Crippen molar-refractivity contribution in [2.24, 2.45) is 23.7 Å². The molecule has 4 rings (SSSR count). The molecule has 0 aliphatic heterocycles. The van der Waals surface area contributed by atoms with E-state index in [1.807, 2.05) is 26.0 Å². The number of hydrogen-bond donors (Lipinski definition) is 7. The lowest BCUT2D eigenvalue weighted by molar-refractivity contribution is -0.141. The molecule has 3 aromatic rings. The van der Waals surface area contributed by atoms with E-state index < -0.39 is 59.9 Å². The first-order valence-corrected chi connectivity index (χ1v) is 19.6. The minimum Gasteiger partial charge on any atom is -0.484 e. The SMILES string of the molecule is CC[C@@H](C)[C@H](NC(=O)[C@H](C(C)C)[C@@H](O)[C@H](O)[C@H](CC1CCCCC1)NC(=O)[C@H](Cc1cnc[nH]1)NC(=O)COc1ccccc1)C(=O)NCc1ccccn1. The molecule has 2 heterocycles. The second-order valence-electron chi connectivity index (χ2n) is 15.0. The molecule has 300 valence electrons. The van der Waals surface area contributed by atoms with E-state index >= 15 is 0 Å². The number of hydrogen-bond acceptors (Lipinski definition) is 9. The van der Waals surface area contributed by atoms with Crippen LogP contribution in [-0.4, -0.2) is 85.7 Å². The quantitative estimate of drug-likeness (QED) is 0.0850. The maximum atomic E-state index is 14.1. The lowest BCUT2D eigenvalue weighted by Gasteiger charge is -2.37. The van der Waals surface area contributed by atoms with Crippen molar-refractivity contribution in [3.05, 3.63) is 78.6 Å². The smallest absolute Gasteiger partial charge is 0.258 e. The van der Waals surface area contributed by atoms with Crippen molar-refractivity contribution in [3.8, 4) is 5.75 Å². The molecule has 1 aromatic carbocycles. The van der Waals surface area contributed by atoms with Crippen LogP contribution in [0.5, 0.6) is 5.75 Å². The number of amides is 4. The van der Waals surface area contributed by atoms with Gasteiger partial charge in [0.25, 0.3) is 5.91 Å². The number of aromatic nitrogens is 3. The van der Waals surface area contributed by atoms with Crippen molar-refractivity contribution in [1.82, 2.24) is 36.2 Å². The first-order valence-electron chi connectivity index (χ1n) is 19.6. The number of benzene rings is 1. The van der Waals surface area contributed by atoms with Crippen LogP contribution in [0.4, 0.5) is 0 Å². The highest BCUT2D eigenvalue weighted by molar-refractivity contribution is 5.89. The molecule has 1 aliphatic rings. The molecule has 0 unspecified atom stereocenters. The highest BCUT2D eigenvalue weighted by Gasteiger charge is 2.41. The van der Waals surface area contributed by atoms with Crippen LogP contribution in [0, 0.1) is 23.7 Å². The summed E-state index contributed by atoms with van der Waals surface area (Å²) >= 11 is 0. The Bertz CT molecular complexity index is 1600. The fourth-order valence-electron chi connectivity index (χ4n) is 7.12. The summed E-state index contributed by atoms with van der Waals surface area (Å²) in [7, 11) is 0. The Hall–Kier alpha value is -4.82. The fraction of sp³-hybridized carbons (Fsp3) is 0.561. The normalized spacial score (nSPS) is 17.1. The first kappa shape index (κ1) is 42.9. The first-order chi connectivity index (χ1) is 26.5. The van der Waals surface area contributed by atoms with Crippen molar-refractivity contribution in [2.75, 3.05) is 6.61 Å². The van der Waals surface area contributed by atoms with Gasteiger partial charge >= 0.3 is 0 Å². The number of rotatable bonds is 21. The summed E-state index contributed by atoms with van der Waals surface area (Å²) in [5.41, 5.74) is 1.27. The molecular weight excluding hydrogens is 702 g/mol.